The van der Waals surface area contributed by atoms with E-state index in [0.29, 0.717) is 61.5 Å². The van der Waals surface area contributed by atoms with Crippen molar-refractivity contribution in [2.75, 3.05) is 14.2 Å². The van der Waals surface area contributed by atoms with Crippen LogP contribution >= 0.6 is 23.2 Å². The van der Waals surface area contributed by atoms with Crippen molar-refractivity contribution in [3.05, 3.63) is 58.5 Å². The molecule has 7 nitrogen and oxygen atoms in total. The molecule has 9 heteroatoms. The van der Waals surface area contributed by atoms with Crippen LogP contribution in [0.15, 0.2) is 47.9 Å². The number of methoxy groups -OCH3 is 2. The maximum atomic E-state index is 12.8. The van der Waals surface area contributed by atoms with E-state index in [2.05, 4.69) is 20.3 Å². The monoisotopic (exact) mass is 442 g/mol. The molecule has 152 valence electrons. The number of hydrogen-bond acceptors (Lipinski definition) is 6. The van der Waals surface area contributed by atoms with E-state index in [0.717, 1.165) is 0 Å². The summed E-state index contributed by atoms with van der Waals surface area (Å²) in [4.78, 5) is 25.8. The van der Waals surface area contributed by atoms with E-state index in [9.17, 15) is 4.79 Å². The molecular formula is C21H16Cl2N4O3. The number of carbonyl (C=O) groups is 1. The van der Waals surface area contributed by atoms with Crippen molar-refractivity contribution in [3.8, 4) is 22.6 Å². The average Bonchev–Trinajstić information content (AvgIpc) is 3.27. The highest BCUT2D eigenvalue weighted by Crippen LogP contribution is 2.47. The van der Waals surface area contributed by atoms with Crippen LogP contribution in [0.3, 0.4) is 0 Å². The van der Waals surface area contributed by atoms with Gasteiger partial charge in [0, 0.05) is 42.2 Å². The van der Waals surface area contributed by atoms with E-state index < -0.39 is 0 Å². The topological polar surface area (TPSA) is 85.7 Å². The zero-order chi connectivity index (χ0) is 21.3. The van der Waals surface area contributed by atoms with Gasteiger partial charge in [-0.1, -0.05) is 35.3 Å². The van der Waals surface area contributed by atoms with Crippen LogP contribution in [0.4, 0.5) is 0 Å². The van der Waals surface area contributed by atoms with Crippen LogP contribution in [0, 0.1) is 0 Å². The number of hydrogen-bond donors (Lipinski definition) is 1. The highest BCUT2D eigenvalue weighted by atomic mass is 35.5. The third kappa shape index (κ3) is 3.46. The third-order valence-corrected chi connectivity index (χ3v) is 5.37. The zero-order valence-corrected chi connectivity index (χ0v) is 17.6. The Morgan fingerprint density at radius 2 is 1.70 bits per heavy atom. The second-order valence-electron chi connectivity index (χ2n) is 6.32. The molecular weight excluding hydrogens is 427 g/mol. The lowest BCUT2D eigenvalue weighted by molar-refractivity contribution is 0.0978. The summed E-state index contributed by atoms with van der Waals surface area (Å²) in [5.41, 5.74) is 2.32. The van der Waals surface area contributed by atoms with Crippen LogP contribution in [0.5, 0.6) is 11.5 Å². The minimum atomic E-state index is -0.324. The Morgan fingerprint density at radius 3 is 2.30 bits per heavy atom. The summed E-state index contributed by atoms with van der Waals surface area (Å²) in [5, 5.41) is 3.40. The van der Waals surface area contributed by atoms with E-state index in [1.807, 2.05) is 6.08 Å². The van der Waals surface area contributed by atoms with Crippen LogP contribution < -0.4 is 14.8 Å². The standard InChI is InChI=1S/C21H16Cl2N4O3/c1-29-13-10-14(30-2)18(23)16(17(13)22)11-5-6-12(20-19(11)25-8-9-26-20)21(28)27-15-4-3-7-24-15/h3,5-10H,4H2,1-2H3,(H,24,27,28). The number of rotatable bonds is 4. The summed E-state index contributed by atoms with van der Waals surface area (Å²) >= 11 is 13.2. The lowest BCUT2D eigenvalue weighted by atomic mass is 9.99. The molecule has 0 unspecified atom stereocenters. The molecule has 30 heavy (non-hydrogen) atoms. The normalized spacial score (nSPS) is 12.7. The van der Waals surface area contributed by atoms with Gasteiger partial charge in [0.25, 0.3) is 5.91 Å². The van der Waals surface area contributed by atoms with E-state index in [-0.39, 0.29) is 5.91 Å². The van der Waals surface area contributed by atoms with Crippen molar-refractivity contribution in [1.29, 1.82) is 0 Å². The first-order valence-corrected chi connectivity index (χ1v) is 9.67. The van der Waals surface area contributed by atoms with Gasteiger partial charge in [-0.25, -0.2) is 4.99 Å². The van der Waals surface area contributed by atoms with Crippen LogP contribution in [0.25, 0.3) is 22.2 Å². The van der Waals surface area contributed by atoms with Crippen LogP contribution in [-0.4, -0.2) is 35.9 Å². The Kier molecular flexibility index (Phi) is 5.57. The minimum absolute atomic E-state index is 0.304. The fourth-order valence-corrected chi connectivity index (χ4v) is 3.91. The van der Waals surface area contributed by atoms with Crippen LogP contribution in [0.2, 0.25) is 10.0 Å². The van der Waals surface area contributed by atoms with Gasteiger partial charge in [0.05, 0.1) is 35.3 Å². The van der Waals surface area contributed by atoms with Crippen LogP contribution in [-0.2, 0) is 0 Å². The number of nitrogens with zero attached hydrogens (tertiary/aromatic N) is 3. The van der Waals surface area contributed by atoms with Gasteiger partial charge >= 0.3 is 0 Å². The molecule has 0 spiro atoms. The maximum absolute atomic E-state index is 12.8. The second kappa shape index (κ2) is 8.30. The smallest absolute Gasteiger partial charge is 0.258 e. The first-order chi connectivity index (χ1) is 14.5. The lowest BCUT2D eigenvalue weighted by Crippen LogP contribution is -2.29. The Labute approximate surface area is 182 Å². The molecule has 2 heterocycles. The van der Waals surface area contributed by atoms with Crippen molar-refractivity contribution in [2.45, 2.75) is 6.42 Å². The van der Waals surface area contributed by atoms with Crippen molar-refractivity contribution < 1.29 is 14.3 Å². The van der Waals surface area contributed by atoms with Gasteiger partial charge in [-0.05, 0) is 6.07 Å². The van der Waals surface area contributed by atoms with E-state index in [1.165, 1.54) is 26.6 Å². The molecule has 1 N–H and O–H groups in total. The molecule has 1 amide bonds. The highest BCUT2D eigenvalue weighted by Gasteiger charge is 2.23. The van der Waals surface area contributed by atoms with Crippen molar-refractivity contribution in [2.24, 2.45) is 4.99 Å². The number of ether oxygens (including phenoxy) is 2. The molecule has 0 bridgehead atoms. The molecule has 1 aliphatic heterocycles. The Balaban J connectivity index is 1.90. The molecule has 1 aromatic heterocycles. The average molecular weight is 443 g/mol. The van der Waals surface area contributed by atoms with Crippen molar-refractivity contribution in [1.82, 2.24) is 15.3 Å². The second-order valence-corrected chi connectivity index (χ2v) is 7.07. The molecule has 4 rings (SSSR count). The summed E-state index contributed by atoms with van der Waals surface area (Å²) in [5.74, 6) is 1.05. The summed E-state index contributed by atoms with van der Waals surface area (Å²) in [6.45, 7) is 0. The van der Waals surface area contributed by atoms with Crippen LogP contribution in [0.1, 0.15) is 16.8 Å². The van der Waals surface area contributed by atoms with E-state index in [4.69, 9.17) is 32.7 Å². The zero-order valence-electron chi connectivity index (χ0n) is 16.1. The predicted octanol–water partition coefficient (Wildman–Crippen LogP) is 4.67. The number of benzene rings is 2. The summed E-state index contributed by atoms with van der Waals surface area (Å²) < 4.78 is 10.7. The minimum Gasteiger partial charge on any atom is -0.495 e. The third-order valence-electron chi connectivity index (χ3n) is 4.62. The number of aliphatic imine (C=N–C) groups is 1. The SMILES string of the molecule is COc1cc(OC)c(Cl)c(-c2ccc(C(=O)NC3=NC=CC3)c3nccnc23)c1Cl. The molecule has 2 aromatic carbocycles. The van der Waals surface area contributed by atoms with Gasteiger partial charge in [0.1, 0.15) is 22.9 Å². The first-order valence-electron chi connectivity index (χ1n) is 8.92. The van der Waals surface area contributed by atoms with Gasteiger partial charge in [-0.15, -0.1) is 0 Å². The van der Waals surface area contributed by atoms with Gasteiger partial charge in [0.15, 0.2) is 0 Å². The first kappa shape index (κ1) is 20.1. The molecule has 0 atom stereocenters. The van der Waals surface area contributed by atoms with Crippen molar-refractivity contribution in [3.63, 3.8) is 0 Å². The Morgan fingerprint density at radius 1 is 1.03 bits per heavy atom. The number of carbonyl (C=O) groups excluding carboxylic acids is 1. The predicted molar refractivity (Wildman–Crippen MR) is 117 cm³/mol. The quantitative estimate of drug-likeness (QED) is 0.634. The molecule has 0 radical (unpaired) electrons. The Bertz CT molecular complexity index is 1200. The van der Waals surface area contributed by atoms with Gasteiger partial charge in [0.2, 0.25) is 0 Å². The van der Waals surface area contributed by atoms with Gasteiger partial charge in [-0.3, -0.25) is 14.8 Å². The van der Waals surface area contributed by atoms with E-state index >= 15 is 0 Å². The number of amidine groups is 1. The number of amides is 1. The van der Waals surface area contributed by atoms with E-state index in [1.54, 1.807) is 24.4 Å². The number of halogens is 2. The lowest BCUT2D eigenvalue weighted by Gasteiger charge is -2.16. The number of aromatic nitrogens is 2. The molecule has 0 fully saturated rings. The fourth-order valence-electron chi connectivity index (χ4n) is 3.21. The largest absolute Gasteiger partial charge is 0.495 e. The van der Waals surface area contributed by atoms with Gasteiger partial charge < -0.3 is 14.8 Å². The molecule has 0 saturated carbocycles. The summed E-state index contributed by atoms with van der Waals surface area (Å²) in [6, 6.07) is 5.00. The number of nitrogens with one attached hydrogen (secondary N) is 1. The summed E-state index contributed by atoms with van der Waals surface area (Å²) in [6.07, 6.45) is 7.14. The van der Waals surface area contributed by atoms with Gasteiger partial charge in [-0.2, -0.15) is 0 Å². The molecule has 0 aliphatic carbocycles. The molecule has 3 aromatic rings. The van der Waals surface area contributed by atoms with Crippen molar-refractivity contribution >= 4 is 46.0 Å². The highest BCUT2D eigenvalue weighted by molar-refractivity contribution is 6.41. The number of fused-ring (bicyclic) bond motifs is 1. The maximum Gasteiger partial charge on any atom is 0.258 e. The molecule has 1 aliphatic rings. The fraction of sp³-hybridized carbons (Fsp3) is 0.143. The Hall–Kier alpha value is -3.16. The summed E-state index contributed by atoms with van der Waals surface area (Å²) in [7, 11) is 3.01. The molecule has 0 saturated heterocycles.